The van der Waals surface area contributed by atoms with E-state index >= 15 is 0 Å². The second-order valence-corrected chi connectivity index (χ2v) is 5.94. The summed E-state index contributed by atoms with van der Waals surface area (Å²) in [5.41, 5.74) is 0. The third-order valence-electron chi connectivity index (χ3n) is 3.31. The van der Waals surface area contributed by atoms with Gasteiger partial charge in [-0.3, -0.25) is 0 Å². The lowest BCUT2D eigenvalue weighted by molar-refractivity contribution is 0.384. The summed E-state index contributed by atoms with van der Waals surface area (Å²) in [5.74, 6) is 3.86. The normalized spacial score (nSPS) is 14.9. The van der Waals surface area contributed by atoms with E-state index in [1.807, 2.05) is 0 Å². The predicted molar refractivity (Wildman–Crippen MR) is 75.5 cm³/mol. The minimum Gasteiger partial charge on any atom is -0.338 e. The number of aryl methyl sites for hydroxylation is 1. The maximum atomic E-state index is 5.24. The average molecular weight is 293 g/mol. The fourth-order valence-electron chi connectivity index (χ4n) is 2.15. The fourth-order valence-corrected chi connectivity index (χ4v) is 2.99. The highest BCUT2D eigenvalue weighted by Gasteiger charge is 2.30. The number of nitrogens with zero attached hydrogens (tertiary/aromatic N) is 5. The van der Waals surface area contributed by atoms with Gasteiger partial charge in [0, 0.05) is 18.9 Å². The van der Waals surface area contributed by atoms with Gasteiger partial charge in [0.25, 0.3) is 0 Å². The van der Waals surface area contributed by atoms with Gasteiger partial charge in [-0.1, -0.05) is 23.8 Å². The monoisotopic (exact) mass is 293 g/mol. The van der Waals surface area contributed by atoms with Gasteiger partial charge in [0.1, 0.15) is 5.82 Å². The first-order valence-electron chi connectivity index (χ1n) is 7.19. The molecule has 0 atom stereocenters. The summed E-state index contributed by atoms with van der Waals surface area (Å²) in [4.78, 5) is 4.37. The Morgan fingerprint density at radius 2 is 2.15 bits per heavy atom. The van der Waals surface area contributed by atoms with Crippen molar-refractivity contribution in [3.8, 4) is 0 Å². The molecule has 6 nitrogen and oxygen atoms in total. The molecule has 7 heteroatoms. The van der Waals surface area contributed by atoms with Crippen molar-refractivity contribution in [1.82, 2.24) is 24.9 Å². The zero-order valence-electron chi connectivity index (χ0n) is 11.9. The molecule has 3 rings (SSSR count). The number of hydrogen-bond acceptors (Lipinski definition) is 6. The van der Waals surface area contributed by atoms with Gasteiger partial charge in [-0.15, -0.1) is 10.2 Å². The second kappa shape index (κ2) is 5.95. The standard InChI is InChI=1S/C13H19N5OS/c1-3-5-10-14-11(19-17-10)8-20-13-16-15-12(9-6-7-9)18(13)4-2/h9H,3-8H2,1-2H3. The fraction of sp³-hybridized carbons (Fsp3) is 0.692. The van der Waals surface area contributed by atoms with Crippen LogP contribution in [0, 0.1) is 0 Å². The van der Waals surface area contributed by atoms with Crippen molar-refractivity contribution in [3.63, 3.8) is 0 Å². The van der Waals surface area contributed by atoms with E-state index in [0.717, 1.165) is 36.2 Å². The number of thioether (sulfide) groups is 1. The smallest absolute Gasteiger partial charge is 0.237 e. The third-order valence-corrected chi connectivity index (χ3v) is 4.26. The molecule has 20 heavy (non-hydrogen) atoms. The Morgan fingerprint density at radius 3 is 2.85 bits per heavy atom. The average Bonchev–Trinajstić information content (AvgIpc) is 3.06. The minimum absolute atomic E-state index is 0.622. The Balaban J connectivity index is 1.65. The quantitative estimate of drug-likeness (QED) is 0.731. The highest BCUT2D eigenvalue weighted by molar-refractivity contribution is 7.98. The molecule has 1 fully saturated rings. The molecule has 0 bridgehead atoms. The maximum Gasteiger partial charge on any atom is 0.237 e. The molecule has 0 aromatic carbocycles. The maximum absolute atomic E-state index is 5.24. The van der Waals surface area contributed by atoms with E-state index in [9.17, 15) is 0 Å². The molecule has 0 spiro atoms. The first-order valence-corrected chi connectivity index (χ1v) is 8.17. The molecule has 2 aromatic heterocycles. The first-order chi connectivity index (χ1) is 9.81. The molecular formula is C13H19N5OS. The van der Waals surface area contributed by atoms with Crippen LogP contribution in [0.4, 0.5) is 0 Å². The highest BCUT2D eigenvalue weighted by atomic mass is 32.2. The Hall–Kier alpha value is -1.37. The van der Waals surface area contributed by atoms with Crippen LogP contribution in [-0.2, 0) is 18.7 Å². The highest BCUT2D eigenvalue weighted by Crippen LogP contribution is 2.40. The molecule has 1 saturated carbocycles. The van der Waals surface area contributed by atoms with E-state index < -0.39 is 0 Å². The lowest BCUT2D eigenvalue weighted by Crippen LogP contribution is -2.02. The SMILES string of the molecule is CCCc1noc(CSc2nnc(C3CC3)n2CC)n1. The van der Waals surface area contributed by atoms with Crippen LogP contribution in [0.3, 0.4) is 0 Å². The number of hydrogen-bond donors (Lipinski definition) is 0. The van der Waals surface area contributed by atoms with Crippen LogP contribution in [-0.4, -0.2) is 24.9 Å². The van der Waals surface area contributed by atoms with E-state index in [1.165, 1.54) is 12.8 Å². The van der Waals surface area contributed by atoms with Crippen LogP contribution >= 0.6 is 11.8 Å². The molecule has 0 N–H and O–H groups in total. The van der Waals surface area contributed by atoms with Crippen LogP contribution < -0.4 is 0 Å². The minimum atomic E-state index is 0.622. The Labute approximate surface area is 122 Å². The topological polar surface area (TPSA) is 69.6 Å². The molecule has 108 valence electrons. The molecule has 0 amide bonds. The van der Waals surface area contributed by atoms with Crippen molar-refractivity contribution in [2.75, 3.05) is 0 Å². The molecule has 0 radical (unpaired) electrons. The van der Waals surface area contributed by atoms with Crippen LogP contribution in [0.2, 0.25) is 0 Å². The van der Waals surface area contributed by atoms with Crippen molar-refractivity contribution in [1.29, 1.82) is 0 Å². The van der Waals surface area contributed by atoms with Gasteiger partial charge >= 0.3 is 0 Å². The molecule has 2 aromatic rings. The summed E-state index contributed by atoms with van der Waals surface area (Å²) >= 11 is 1.62. The molecule has 0 saturated heterocycles. The molecule has 2 heterocycles. The van der Waals surface area contributed by atoms with Gasteiger partial charge in [0.15, 0.2) is 11.0 Å². The van der Waals surface area contributed by atoms with Gasteiger partial charge in [-0.25, -0.2) is 0 Å². The zero-order valence-corrected chi connectivity index (χ0v) is 12.7. The first kappa shape index (κ1) is 13.6. The zero-order chi connectivity index (χ0) is 13.9. The Morgan fingerprint density at radius 1 is 1.30 bits per heavy atom. The summed E-state index contributed by atoms with van der Waals surface area (Å²) in [6.07, 6.45) is 4.38. The van der Waals surface area contributed by atoms with Crippen molar-refractivity contribution in [3.05, 3.63) is 17.5 Å². The van der Waals surface area contributed by atoms with Crippen molar-refractivity contribution < 1.29 is 4.52 Å². The van der Waals surface area contributed by atoms with E-state index in [-0.39, 0.29) is 0 Å². The number of rotatable bonds is 7. The van der Waals surface area contributed by atoms with Gasteiger partial charge in [0.05, 0.1) is 5.75 Å². The van der Waals surface area contributed by atoms with E-state index in [1.54, 1.807) is 11.8 Å². The molecule has 0 unspecified atom stereocenters. The largest absolute Gasteiger partial charge is 0.338 e. The molecular weight excluding hydrogens is 274 g/mol. The Bertz CT molecular complexity index is 575. The van der Waals surface area contributed by atoms with E-state index in [4.69, 9.17) is 4.52 Å². The van der Waals surface area contributed by atoms with Gasteiger partial charge in [-0.05, 0) is 26.2 Å². The van der Waals surface area contributed by atoms with Crippen LogP contribution in [0.1, 0.15) is 56.6 Å². The summed E-state index contributed by atoms with van der Waals surface area (Å²) in [6.45, 7) is 5.14. The molecule has 1 aliphatic carbocycles. The van der Waals surface area contributed by atoms with Gasteiger partial charge in [0.2, 0.25) is 5.89 Å². The van der Waals surface area contributed by atoms with Gasteiger partial charge in [-0.2, -0.15) is 4.98 Å². The van der Waals surface area contributed by atoms with Crippen LogP contribution in [0.25, 0.3) is 0 Å². The molecule has 1 aliphatic rings. The van der Waals surface area contributed by atoms with Gasteiger partial charge < -0.3 is 9.09 Å². The third kappa shape index (κ3) is 2.87. The summed E-state index contributed by atoms with van der Waals surface area (Å²) < 4.78 is 7.44. The molecule has 0 aliphatic heterocycles. The Kier molecular flexibility index (Phi) is 4.05. The lowest BCUT2D eigenvalue weighted by atomic mass is 10.3. The van der Waals surface area contributed by atoms with E-state index in [2.05, 4.69) is 38.8 Å². The summed E-state index contributed by atoms with van der Waals surface area (Å²) in [7, 11) is 0. The number of aromatic nitrogens is 5. The van der Waals surface area contributed by atoms with Crippen molar-refractivity contribution in [2.24, 2.45) is 0 Å². The lowest BCUT2D eigenvalue weighted by Gasteiger charge is -2.04. The summed E-state index contributed by atoms with van der Waals surface area (Å²) in [6, 6.07) is 0. The van der Waals surface area contributed by atoms with E-state index in [0.29, 0.717) is 17.6 Å². The summed E-state index contributed by atoms with van der Waals surface area (Å²) in [5, 5.41) is 13.5. The van der Waals surface area contributed by atoms with Crippen molar-refractivity contribution in [2.45, 2.75) is 62.9 Å². The second-order valence-electron chi connectivity index (χ2n) is 5.00. The van der Waals surface area contributed by atoms with Crippen LogP contribution in [0.5, 0.6) is 0 Å². The van der Waals surface area contributed by atoms with Crippen molar-refractivity contribution >= 4 is 11.8 Å². The predicted octanol–water partition coefficient (Wildman–Crippen LogP) is 2.80. The van der Waals surface area contributed by atoms with Crippen LogP contribution in [0.15, 0.2) is 9.68 Å².